The minimum Gasteiger partial charge on any atom is -0.462 e. The van der Waals surface area contributed by atoms with Gasteiger partial charge in [0.2, 0.25) is 5.91 Å². The van der Waals surface area contributed by atoms with Gasteiger partial charge in [-0.1, -0.05) is 204 Å². The Morgan fingerprint density at radius 3 is 1.12 bits per heavy atom. The molecule has 0 saturated carbocycles. The largest absolute Gasteiger partial charge is 0.462 e. The molecule has 0 rings (SSSR count). The van der Waals surface area contributed by atoms with E-state index in [0.29, 0.717) is 31.2 Å². The van der Waals surface area contributed by atoms with Crippen LogP contribution in [0.2, 0.25) is 0 Å². The van der Waals surface area contributed by atoms with Gasteiger partial charge in [0.25, 0.3) is 0 Å². The van der Waals surface area contributed by atoms with Crippen LogP contribution in [0.15, 0.2) is 0 Å². The van der Waals surface area contributed by atoms with Gasteiger partial charge < -0.3 is 19.3 Å². The molecule has 0 radical (unpaired) electrons. The Kier molecular flexibility index (Phi) is 50.7. The van der Waals surface area contributed by atoms with E-state index in [1.54, 1.807) is 0 Å². The lowest BCUT2D eigenvalue weighted by Gasteiger charge is -2.33. The fourth-order valence-corrected chi connectivity index (χ4v) is 11.4. The average molecular weight is 984 g/mol. The smallest absolute Gasteiger partial charge is 0.306 e. The van der Waals surface area contributed by atoms with Crippen LogP contribution in [0.25, 0.3) is 0 Å². The minimum atomic E-state index is 0.0112. The van der Waals surface area contributed by atoms with Crippen LogP contribution in [0.4, 0.5) is 0 Å². The molecule has 9 heteroatoms. The first kappa shape index (κ1) is 66.1. The van der Waals surface area contributed by atoms with Crippen molar-refractivity contribution in [3.8, 4) is 0 Å². The van der Waals surface area contributed by atoms with Crippen molar-refractivity contribution in [2.45, 2.75) is 316 Å². The van der Waals surface area contributed by atoms with E-state index < -0.39 is 0 Å². The summed E-state index contributed by atoms with van der Waals surface area (Å²) < 4.78 is 12.1. The third kappa shape index (κ3) is 44.7. The Morgan fingerprint density at radius 2 is 0.716 bits per heavy atom. The van der Waals surface area contributed by atoms with Crippen molar-refractivity contribution >= 4 is 39.4 Å². The highest BCUT2D eigenvalue weighted by Gasteiger charge is 2.23. The predicted molar refractivity (Wildman–Crippen MR) is 296 cm³/mol. The molecule has 0 aliphatic carbocycles. The molecule has 0 fully saturated rings. The normalized spacial score (nSPS) is 11.7. The molecule has 0 aliphatic heterocycles. The number of hydrogen-bond donors (Lipinski definition) is 0. The van der Waals surface area contributed by atoms with E-state index in [4.69, 9.17) is 9.47 Å². The molecule has 0 bridgehead atoms. The maximum atomic E-state index is 14.0. The van der Waals surface area contributed by atoms with Crippen LogP contribution in [-0.4, -0.2) is 84.6 Å². The highest BCUT2D eigenvalue weighted by molar-refractivity contribution is 8.76. The van der Waals surface area contributed by atoms with Gasteiger partial charge in [-0.15, -0.1) is 0 Å². The van der Waals surface area contributed by atoms with Crippen molar-refractivity contribution in [2.24, 2.45) is 0 Å². The van der Waals surface area contributed by atoms with E-state index in [1.807, 2.05) is 21.6 Å². The van der Waals surface area contributed by atoms with E-state index in [9.17, 15) is 14.4 Å². The monoisotopic (exact) mass is 983 g/mol. The minimum absolute atomic E-state index is 0.0112. The summed E-state index contributed by atoms with van der Waals surface area (Å²) in [6.45, 7) is 13.2. The number of nitrogens with zero attached hydrogens (tertiary/aromatic N) is 2. The van der Waals surface area contributed by atoms with Crippen LogP contribution >= 0.6 is 21.6 Å². The summed E-state index contributed by atoms with van der Waals surface area (Å²) in [6, 6.07) is 0.308. The summed E-state index contributed by atoms with van der Waals surface area (Å²) in [7, 11) is 8.08. The number of rotatable bonds is 53. The Balaban J connectivity index is 5.14. The quantitative estimate of drug-likeness (QED) is 0.0339. The van der Waals surface area contributed by atoms with Gasteiger partial charge in [0.15, 0.2) is 0 Å². The van der Waals surface area contributed by atoms with Gasteiger partial charge in [-0.3, -0.25) is 14.4 Å². The first-order chi connectivity index (χ1) is 32.7. The van der Waals surface area contributed by atoms with Gasteiger partial charge in [-0.25, -0.2) is 0 Å². The summed E-state index contributed by atoms with van der Waals surface area (Å²) >= 11 is 0. The first-order valence-electron chi connectivity index (χ1n) is 29.3. The lowest BCUT2D eigenvalue weighted by atomic mass is 9.97. The predicted octanol–water partition coefficient (Wildman–Crippen LogP) is 18.0. The number of unbranched alkanes of at least 4 members (excludes halogenated alkanes) is 24. The highest BCUT2D eigenvalue weighted by atomic mass is 33.1. The van der Waals surface area contributed by atoms with Crippen molar-refractivity contribution in [3.63, 3.8) is 0 Å². The summed E-state index contributed by atoms with van der Waals surface area (Å²) in [5.74, 6) is 2.43. The summed E-state index contributed by atoms with van der Waals surface area (Å²) in [5, 5.41) is 0. The Hall–Kier alpha value is -0.930. The van der Waals surface area contributed by atoms with Crippen molar-refractivity contribution < 1.29 is 23.9 Å². The summed E-state index contributed by atoms with van der Waals surface area (Å²) in [5.41, 5.74) is 0. The number of ether oxygens (including phenoxy) is 2. The number of amides is 1. The van der Waals surface area contributed by atoms with Crippen LogP contribution < -0.4 is 0 Å². The van der Waals surface area contributed by atoms with E-state index in [1.165, 1.54) is 141 Å². The average Bonchev–Trinajstić information content (AvgIpc) is 3.31. The van der Waals surface area contributed by atoms with Gasteiger partial charge in [0, 0.05) is 43.4 Å². The molecular weight excluding hydrogens is 869 g/mol. The van der Waals surface area contributed by atoms with Gasteiger partial charge in [0.1, 0.15) is 12.2 Å². The summed E-state index contributed by atoms with van der Waals surface area (Å²) in [6.07, 6.45) is 45.9. The second kappa shape index (κ2) is 51.4. The van der Waals surface area contributed by atoms with E-state index >= 15 is 0 Å². The molecule has 398 valence electrons. The highest BCUT2D eigenvalue weighted by Crippen LogP contribution is 2.26. The lowest BCUT2D eigenvalue weighted by Crippen LogP contribution is -2.41. The number of esters is 2. The van der Waals surface area contributed by atoms with Crippen LogP contribution in [0.1, 0.15) is 298 Å². The molecule has 0 aromatic rings. The van der Waals surface area contributed by atoms with Crippen LogP contribution in [-0.2, 0) is 23.9 Å². The molecule has 0 atom stereocenters. The molecule has 0 aromatic heterocycles. The van der Waals surface area contributed by atoms with Crippen LogP contribution in [0.5, 0.6) is 0 Å². The number of hydrogen-bond acceptors (Lipinski definition) is 8. The molecule has 0 unspecified atom stereocenters. The molecule has 1 amide bonds. The zero-order valence-electron chi connectivity index (χ0n) is 45.8. The second-order valence-corrected chi connectivity index (χ2v) is 23.1. The van der Waals surface area contributed by atoms with E-state index in [0.717, 1.165) is 127 Å². The van der Waals surface area contributed by atoms with Gasteiger partial charge in [0.05, 0.1) is 0 Å². The topological polar surface area (TPSA) is 76.2 Å². The SMILES string of the molecule is CCCCCCC(CCCCCC)OC(=O)CCCCCCCCC(CCCCCCCCC(=O)OC(CCCCCC)CCCCCC)N(CCCCN(C)C)C(=O)CCSSCCCC. The van der Waals surface area contributed by atoms with Gasteiger partial charge in [-0.2, -0.15) is 0 Å². The van der Waals surface area contributed by atoms with Crippen molar-refractivity contribution in [2.75, 3.05) is 38.7 Å². The van der Waals surface area contributed by atoms with Crippen LogP contribution in [0.3, 0.4) is 0 Å². The Labute approximate surface area is 425 Å². The van der Waals surface area contributed by atoms with E-state index in [2.05, 4.69) is 58.5 Å². The third-order valence-corrected chi connectivity index (χ3v) is 16.0. The molecule has 67 heavy (non-hydrogen) atoms. The molecule has 0 N–H and O–H groups in total. The molecular formula is C58H114N2O5S2. The zero-order chi connectivity index (χ0) is 49.3. The van der Waals surface area contributed by atoms with E-state index in [-0.39, 0.29) is 24.1 Å². The molecule has 0 heterocycles. The number of carbonyl (C=O) groups is 3. The summed E-state index contributed by atoms with van der Waals surface area (Å²) in [4.78, 5) is 44.3. The fourth-order valence-electron chi connectivity index (χ4n) is 9.19. The number of carbonyl (C=O) groups excluding carboxylic acids is 3. The maximum Gasteiger partial charge on any atom is 0.306 e. The third-order valence-electron chi connectivity index (χ3n) is 13.5. The molecule has 0 spiro atoms. The molecule has 0 aliphatic rings. The Morgan fingerprint density at radius 1 is 0.373 bits per heavy atom. The first-order valence-corrected chi connectivity index (χ1v) is 31.8. The van der Waals surface area contributed by atoms with Gasteiger partial charge in [-0.05, 0) is 117 Å². The molecule has 0 saturated heterocycles. The molecule has 0 aromatic carbocycles. The Bertz CT molecular complexity index is 998. The van der Waals surface area contributed by atoms with Crippen LogP contribution in [0, 0.1) is 0 Å². The standard InChI is InChI=1S/C58H114N2O5S2/c1-8-13-18-32-42-54(43-33-19-14-9-2)64-57(62)46-36-28-24-22-26-30-40-53(60(50-39-38-49-59(6)7)56(61)48-52-67-66-51-17-12-5)41-31-27-23-25-29-37-47-58(63)65-55(44-34-20-15-10-3)45-35-21-16-11-4/h53-55H,8-52H2,1-7H3. The van der Waals surface area contributed by atoms with Gasteiger partial charge >= 0.3 is 11.9 Å². The van der Waals surface area contributed by atoms with Crippen molar-refractivity contribution in [3.05, 3.63) is 0 Å². The fraction of sp³-hybridized carbons (Fsp3) is 0.948. The van der Waals surface area contributed by atoms with Crippen molar-refractivity contribution in [1.29, 1.82) is 0 Å². The second-order valence-electron chi connectivity index (χ2n) is 20.4. The van der Waals surface area contributed by atoms with Crippen molar-refractivity contribution in [1.82, 2.24) is 9.80 Å². The lowest BCUT2D eigenvalue weighted by molar-refractivity contribution is -0.151. The maximum absolute atomic E-state index is 14.0. The molecule has 7 nitrogen and oxygen atoms in total. The zero-order valence-corrected chi connectivity index (χ0v) is 47.4.